The van der Waals surface area contributed by atoms with Crippen molar-refractivity contribution in [1.29, 1.82) is 0 Å². The molecule has 0 saturated heterocycles. The number of amides is 1. The number of hydrogen-bond donors (Lipinski definition) is 1. The van der Waals surface area contributed by atoms with Gasteiger partial charge in [-0.25, -0.2) is 9.37 Å². The van der Waals surface area contributed by atoms with Gasteiger partial charge in [0.2, 0.25) is 0 Å². The molecule has 0 aliphatic heterocycles. The molecule has 0 radical (unpaired) electrons. The van der Waals surface area contributed by atoms with Gasteiger partial charge in [-0.1, -0.05) is 23.7 Å². The number of nitrogens with zero attached hydrogens (tertiary/aromatic N) is 1. The molecule has 1 N–H and O–H groups in total. The minimum atomic E-state index is -0.358. The van der Waals surface area contributed by atoms with Gasteiger partial charge < -0.3 is 5.32 Å². The Kier molecular flexibility index (Phi) is 5.23. The van der Waals surface area contributed by atoms with Crippen LogP contribution in [0.25, 0.3) is 10.6 Å². The molecule has 0 fully saturated rings. The molecule has 3 aromatic rings. The van der Waals surface area contributed by atoms with E-state index >= 15 is 0 Å². The first-order valence-electron chi connectivity index (χ1n) is 7.36. The molecule has 1 amide bonds. The van der Waals surface area contributed by atoms with E-state index in [0.29, 0.717) is 23.6 Å². The van der Waals surface area contributed by atoms with Gasteiger partial charge in [-0.15, -0.1) is 11.3 Å². The van der Waals surface area contributed by atoms with Crippen LogP contribution in [-0.4, -0.2) is 17.4 Å². The van der Waals surface area contributed by atoms with E-state index in [1.807, 2.05) is 29.6 Å². The van der Waals surface area contributed by atoms with Crippen LogP contribution in [0.1, 0.15) is 16.1 Å². The van der Waals surface area contributed by atoms with Crippen molar-refractivity contribution in [1.82, 2.24) is 10.3 Å². The van der Waals surface area contributed by atoms with E-state index in [-0.39, 0.29) is 11.7 Å². The highest BCUT2D eigenvalue weighted by Gasteiger charge is 2.07. The number of thiazole rings is 1. The lowest BCUT2D eigenvalue weighted by Crippen LogP contribution is -2.25. The fourth-order valence-electron chi connectivity index (χ4n) is 2.15. The third-order valence-electron chi connectivity index (χ3n) is 3.42. The van der Waals surface area contributed by atoms with Crippen LogP contribution in [0.15, 0.2) is 53.9 Å². The molecule has 2 aromatic carbocycles. The summed E-state index contributed by atoms with van der Waals surface area (Å²) in [7, 11) is 0. The average molecular weight is 361 g/mol. The van der Waals surface area contributed by atoms with Gasteiger partial charge >= 0.3 is 0 Å². The van der Waals surface area contributed by atoms with Crippen LogP contribution < -0.4 is 5.32 Å². The lowest BCUT2D eigenvalue weighted by Gasteiger charge is -2.04. The zero-order chi connectivity index (χ0) is 16.9. The fourth-order valence-corrected chi connectivity index (χ4v) is 3.14. The minimum absolute atomic E-state index is 0.219. The van der Waals surface area contributed by atoms with Gasteiger partial charge in [0.1, 0.15) is 10.8 Å². The molecule has 3 rings (SSSR count). The molecule has 24 heavy (non-hydrogen) atoms. The Hall–Kier alpha value is -2.24. The van der Waals surface area contributed by atoms with E-state index in [1.54, 1.807) is 11.3 Å². The normalized spacial score (nSPS) is 10.6. The highest BCUT2D eigenvalue weighted by molar-refractivity contribution is 7.13. The summed E-state index contributed by atoms with van der Waals surface area (Å²) in [6, 6.07) is 13.0. The van der Waals surface area contributed by atoms with Crippen molar-refractivity contribution in [2.45, 2.75) is 6.42 Å². The Labute approximate surface area is 148 Å². The molecule has 0 spiro atoms. The summed E-state index contributed by atoms with van der Waals surface area (Å²) < 4.78 is 12.8. The molecular weight excluding hydrogens is 347 g/mol. The summed E-state index contributed by atoms with van der Waals surface area (Å²) in [5.41, 5.74) is 2.38. The van der Waals surface area contributed by atoms with E-state index in [2.05, 4.69) is 10.3 Å². The van der Waals surface area contributed by atoms with Crippen LogP contribution in [-0.2, 0) is 6.42 Å². The van der Waals surface area contributed by atoms with Crippen LogP contribution in [0.2, 0.25) is 5.02 Å². The molecule has 6 heteroatoms. The van der Waals surface area contributed by atoms with Crippen molar-refractivity contribution < 1.29 is 9.18 Å². The average Bonchev–Trinajstić information content (AvgIpc) is 3.05. The Morgan fingerprint density at radius 1 is 1.12 bits per heavy atom. The van der Waals surface area contributed by atoms with Crippen molar-refractivity contribution in [2.75, 3.05) is 6.54 Å². The molecule has 1 heterocycles. The molecule has 122 valence electrons. The van der Waals surface area contributed by atoms with Crippen LogP contribution in [0, 0.1) is 5.82 Å². The van der Waals surface area contributed by atoms with Gasteiger partial charge in [0.25, 0.3) is 5.91 Å². The van der Waals surface area contributed by atoms with Gasteiger partial charge in [-0.2, -0.15) is 0 Å². The third-order valence-corrected chi connectivity index (χ3v) is 4.61. The van der Waals surface area contributed by atoms with Crippen LogP contribution in [0.3, 0.4) is 0 Å². The summed E-state index contributed by atoms with van der Waals surface area (Å²) in [6.07, 6.45) is 0.636. The lowest BCUT2D eigenvalue weighted by molar-refractivity contribution is 0.0954. The Morgan fingerprint density at radius 2 is 1.83 bits per heavy atom. The van der Waals surface area contributed by atoms with E-state index in [4.69, 9.17) is 11.6 Å². The van der Waals surface area contributed by atoms with Crippen LogP contribution in [0.5, 0.6) is 0 Å². The molecule has 0 unspecified atom stereocenters. The molecule has 1 aromatic heterocycles. The number of benzene rings is 2. The van der Waals surface area contributed by atoms with Gasteiger partial charge in [0.05, 0.1) is 5.69 Å². The number of carbonyl (C=O) groups excluding carboxylic acids is 1. The summed E-state index contributed by atoms with van der Waals surface area (Å²) in [5, 5.41) is 6.41. The highest BCUT2D eigenvalue weighted by atomic mass is 35.5. The maximum absolute atomic E-state index is 12.8. The quantitative estimate of drug-likeness (QED) is 0.723. The number of carbonyl (C=O) groups is 1. The molecule has 0 atom stereocenters. The first kappa shape index (κ1) is 16.6. The van der Waals surface area contributed by atoms with Gasteiger partial charge in [0.15, 0.2) is 0 Å². The Balaban J connectivity index is 1.55. The van der Waals surface area contributed by atoms with E-state index < -0.39 is 0 Å². The van der Waals surface area contributed by atoms with Crippen molar-refractivity contribution in [3.05, 3.63) is 76.0 Å². The van der Waals surface area contributed by atoms with Crippen molar-refractivity contribution in [3.8, 4) is 10.6 Å². The predicted molar refractivity (Wildman–Crippen MR) is 95.0 cm³/mol. The fraction of sp³-hybridized carbons (Fsp3) is 0.111. The smallest absolute Gasteiger partial charge is 0.251 e. The van der Waals surface area contributed by atoms with E-state index in [0.717, 1.165) is 16.3 Å². The van der Waals surface area contributed by atoms with Crippen molar-refractivity contribution >= 4 is 28.8 Å². The second-order valence-electron chi connectivity index (χ2n) is 5.16. The number of nitrogens with one attached hydrogen (secondary N) is 1. The Bertz CT molecular complexity index is 831. The van der Waals surface area contributed by atoms with Gasteiger partial charge in [-0.05, 0) is 36.4 Å². The van der Waals surface area contributed by atoms with Crippen molar-refractivity contribution in [2.24, 2.45) is 0 Å². The first-order valence-corrected chi connectivity index (χ1v) is 8.62. The van der Waals surface area contributed by atoms with Crippen molar-refractivity contribution in [3.63, 3.8) is 0 Å². The molecular formula is C18H14ClFN2OS. The maximum atomic E-state index is 12.8. The second-order valence-corrected chi connectivity index (χ2v) is 6.46. The molecule has 3 nitrogen and oxygen atoms in total. The summed E-state index contributed by atoms with van der Waals surface area (Å²) in [5.74, 6) is -0.577. The third kappa shape index (κ3) is 4.19. The largest absolute Gasteiger partial charge is 0.352 e. The number of aromatic nitrogens is 1. The minimum Gasteiger partial charge on any atom is -0.352 e. The van der Waals surface area contributed by atoms with Crippen LogP contribution >= 0.6 is 22.9 Å². The summed E-state index contributed by atoms with van der Waals surface area (Å²) in [4.78, 5) is 16.5. The monoisotopic (exact) mass is 360 g/mol. The topological polar surface area (TPSA) is 42.0 Å². The summed E-state index contributed by atoms with van der Waals surface area (Å²) >= 11 is 7.44. The van der Waals surface area contributed by atoms with Crippen LogP contribution in [0.4, 0.5) is 4.39 Å². The van der Waals surface area contributed by atoms with E-state index in [9.17, 15) is 9.18 Å². The number of halogens is 2. The maximum Gasteiger partial charge on any atom is 0.251 e. The predicted octanol–water partition coefficient (Wildman–Crippen LogP) is 4.58. The summed E-state index contributed by atoms with van der Waals surface area (Å²) in [6.45, 7) is 0.472. The van der Waals surface area contributed by atoms with Gasteiger partial charge in [-0.3, -0.25) is 4.79 Å². The molecule has 0 aliphatic rings. The number of rotatable bonds is 5. The first-order chi connectivity index (χ1) is 11.6. The second kappa shape index (κ2) is 7.55. The lowest BCUT2D eigenvalue weighted by atomic mass is 10.2. The molecule has 0 bridgehead atoms. The standard InChI is InChI=1S/C18H14ClFN2OS/c19-14-5-1-13(2-6-14)18-22-16(11-24-18)9-10-21-17(23)12-3-7-15(20)8-4-12/h1-8,11H,9-10H2,(H,21,23). The highest BCUT2D eigenvalue weighted by Crippen LogP contribution is 2.25. The Morgan fingerprint density at radius 3 is 2.54 bits per heavy atom. The SMILES string of the molecule is O=C(NCCc1csc(-c2ccc(Cl)cc2)n1)c1ccc(F)cc1. The van der Waals surface area contributed by atoms with Gasteiger partial charge in [0, 0.05) is 34.5 Å². The zero-order valence-electron chi connectivity index (χ0n) is 12.6. The van der Waals surface area contributed by atoms with E-state index in [1.165, 1.54) is 24.3 Å². The number of hydrogen-bond acceptors (Lipinski definition) is 3. The molecule has 0 saturated carbocycles. The molecule has 0 aliphatic carbocycles. The zero-order valence-corrected chi connectivity index (χ0v) is 14.2.